The molecule has 0 radical (unpaired) electrons. The third-order valence-electron chi connectivity index (χ3n) is 2.38. The lowest BCUT2D eigenvalue weighted by Gasteiger charge is -2.19. The minimum atomic E-state index is -0.289. The van der Waals surface area contributed by atoms with Crippen molar-refractivity contribution in [3.05, 3.63) is 0 Å². The number of ether oxygens (including phenoxy) is 1. The number of methoxy groups -OCH3 is 1. The van der Waals surface area contributed by atoms with Crippen LogP contribution in [-0.4, -0.2) is 57.8 Å². The van der Waals surface area contributed by atoms with Crippen LogP contribution in [0.1, 0.15) is 12.8 Å². The topological polar surface area (TPSA) is 67.6 Å². The highest BCUT2D eigenvalue weighted by Crippen LogP contribution is 1.95. The lowest BCUT2D eigenvalue weighted by atomic mass is 10.2. The Kier molecular flexibility index (Phi) is 8.27. The standard InChI is InChI=1S/C10H23N3O2/c1-12-9(10(11)14)5-7-13(2)6-4-8-15-3/h9,12H,4-8H2,1-3H3,(H2,11,14). The zero-order chi connectivity index (χ0) is 11.7. The smallest absolute Gasteiger partial charge is 0.234 e. The largest absolute Gasteiger partial charge is 0.385 e. The molecule has 0 aliphatic carbocycles. The number of rotatable bonds is 9. The van der Waals surface area contributed by atoms with Crippen molar-refractivity contribution in [2.75, 3.05) is 40.9 Å². The van der Waals surface area contributed by atoms with Gasteiger partial charge in [0.2, 0.25) is 5.91 Å². The van der Waals surface area contributed by atoms with Crippen LogP contribution in [0.5, 0.6) is 0 Å². The molecule has 0 saturated heterocycles. The van der Waals surface area contributed by atoms with Crippen molar-refractivity contribution < 1.29 is 9.53 Å². The summed E-state index contributed by atoms with van der Waals surface area (Å²) in [6, 6.07) is -0.227. The second-order valence-corrected chi connectivity index (χ2v) is 3.68. The van der Waals surface area contributed by atoms with Gasteiger partial charge in [-0.15, -0.1) is 0 Å². The summed E-state index contributed by atoms with van der Waals surface area (Å²) in [4.78, 5) is 13.1. The summed E-state index contributed by atoms with van der Waals surface area (Å²) in [5, 5.41) is 2.90. The first-order chi connectivity index (χ1) is 7.11. The number of amides is 1. The average Bonchev–Trinajstić information content (AvgIpc) is 2.18. The first-order valence-electron chi connectivity index (χ1n) is 5.25. The second kappa shape index (κ2) is 8.64. The van der Waals surface area contributed by atoms with Crippen LogP contribution in [0.15, 0.2) is 0 Å². The first-order valence-corrected chi connectivity index (χ1v) is 5.25. The second-order valence-electron chi connectivity index (χ2n) is 3.68. The quantitative estimate of drug-likeness (QED) is 0.507. The van der Waals surface area contributed by atoms with Gasteiger partial charge in [0, 0.05) is 20.3 Å². The van der Waals surface area contributed by atoms with E-state index in [1.54, 1.807) is 14.2 Å². The summed E-state index contributed by atoms with van der Waals surface area (Å²) in [5.41, 5.74) is 5.22. The van der Waals surface area contributed by atoms with E-state index in [-0.39, 0.29) is 11.9 Å². The van der Waals surface area contributed by atoms with E-state index in [0.717, 1.165) is 32.5 Å². The predicted octanol–water partition coefficient (Wildman–Crippen LogP) is -0.582. The van der Waals surface area contributed by atoms with Crippen LogP contribution in [0, 0.1) is 0 Å². The van der Waals surface area contributed by atoms with Crippen LogP contribution in [0.4, 0.5) is 0 Å². The monoisotopic (exact) mass is 217 g/mol. The number of primary amides is 1. The zero-order valence-corrected chi connectivity index (χ0v) is 9.95. The fraction of sp³-hybridized carbons (Fsp3) is 0.900. The number of likely N-dealkylation sites (N-methyl/N-ethyl adjacent to an activating group) is 1. The SMILES string of the molecule is CNC(CCN(C)CCCOC)C(N)=O. The number of nitrogens with two attached hydrogens (primary N) is 1. The molecule has 0 fully saturated rings. The van der Waals surface area contributed by atoms with Crippen molar-refractivity contribution in [3.8, 4) is 0 Å². The maximum atomic E-state index is 10.9. The Morgan fingerprint density at radius 2 is 2.20 bits per heavy atom. The normalized spacial score (nSPS) is 13.1. The van der Waals surface area contributed by atoms with Gasteiger partial charge in [0.05, 0.1) is 6.04 Å². The molecule has 0 saturated carbocycles. The van der Waals surface area contributed by atoms with Crippen LogP contribution >= 0.6 is 0 Å². The van der Waals surface area contributed by atoms with Gasteiger partial charge in [-0.2, -0.15) is 0 Å². The van der Waals surface area contributed by atoms with Gasteiger partial charge in [0.1, 0.15) is 0 Å². The molecular weight excluding hydrogens is 194 g/mol. The van der Waals surface area contributed by atoms with Crippen molar-refractivity contribution in [2.45, 2.75) is 18.9 Å². The molecule has 1 atom stereocenters. The molecule has 1 amide bonds. The van der Waals surface area contributed by atoms with Gasteiger partial charge in [-0.05, 0) is 33.5 Å². The van der Waals surface area contributed by atoms with Crippen LogP contribution in [0.2, 0.25) is 0 Å². The average molecular weight is 217 g/mol. The van der Waals surface area contributed by atoms with Gasteiger partial charge in [0.15, 0.2) is 0 Å². The molecule has 90 valence electrons. The molecule has 1 unspecified atom stereocenters. The molecule has 0 aromatic rings. The summed E-state index contributed by atoms with van der Waals surface area (Å²) in [7, 11) is 5.48. The molecule has 0 aromatic carbocycles. The van der Waals surface area contributed by atoms with Crippen LogP contribution in [-0.2, 0) is 9.53 Å². The Morgan fingerprint density at radius 3 is 2.67 bits per heavy atom. The molecule has 0 aliphatic rings. The number of nitrogens with zero attached hydrogens (tertiary/aromatic N) is 1. The van der Waals surface area contributed by atoms with Gasteiger partial charge < -0.3 is 20.7 Å². The van der Waals surface area contributed by atoms with Gasteiger partial charge in [0.25, 0.3) is 0 Å². The maximum Gasteiger partial charge on any atom is 0.234 e. The van der Waals surface area contributed by atoms with Crippen LogP contribution < -0.4 is 11.1 Å². The summed E-state index contributed by atoms with van der Waals surface area (Å²) >= 11 is 0. The fourth-order valence-electron chi connectivity index (χ4n) is 1.37. The Balaban J connectivity index is 3.59. The molecule has 5 heteroatoms. The first kappa shape index (κ1) is 14.3. The zero-order valence-electron chi connectivity index (χ0n) is 9.95. The molecule has 0 rings (SSSR count). The number of hydrogen-bond acceptors (Lipinski definition) is 4. The van der Waals surface area contributed by atoms with E-state index in [0.29, 0.717) is 0 Å². The molecule has 0 heterocycles. The third-order valence-corrected chi connectivity index (χ3v) is 2.38. The molecule has 0 bridgehead atoms. The lowest BCUT2D eigenvalue weighted by Crippen LogP contribution is -2.41. The third kappa shape index (κ3) is 7.30. The number of hydrogen-bond donors (Lipinski definition) is 2. The molecule has 0 aromatic heterocycles. The van der Waals surface area contributed by atoms with Gasteiger partial charge >= 0.3 is 0 Å². The predicted molar refractivity (Wildman–Crippen MR) is 60.6 cm³/mol. The van der Waals surface area contributed by atoms with E-state index in [4.69, 9.17) is 10.5 Å². The van der Waals surface area contributed by atoms with Crippen molar-refractivity contribution >= 4 is 5.91 Å². The summed E-state index contributed by atoms with van der Waals surface area (Å²) in [5.74, 6) is -0.289. The van der Waals surface area contributed by atoms with Gasteiger partial charge in [-0.25, -0.2) is 0 Å². The van der Waals surface area contributed by atoms with E-state index in [2.05, 4.69) is 10.2 Å². The van der Waals surface area contributed by atoms with Crippen molar-refractivity contribution in [1.82, 2.24) is 10.2 Å². The van der Waals surface area contributed by atoms with E-state index in [1.165, 1.54) is 0 Å². The van der Waals surface area contributed by atoms with Crippen LogP contribution in [0.25, 0.3) is 0 Å². The Hall–Kier alpha value is -0.650. The van der Waals surface area contributed by atoms with Crippen molar-refractivity contribution in [1.29, 1.82) is 0 Å². The molecule has 15 heavy (non-hydrogen) atoms. The van der Waals surface area contributed by atoms with Gasteiger partial charge in [-0.3, -0.25) is 4.79 Å². The molecule has 5 nitrogen and oxygen atoms in total. The van der Waals surface area contributed by atoms with Crippen molar-refractivity contribution in [3.63, 3.8) is 0 Å². The number of nitrogens with one attached hydrogen (secondary N) is 1. The summed E-state index contributed by atoms with van der Waals surface area (Å²) in [6.45, 7) is 2.61. The summed E-state index contributed by atoms with van der Waals surface area (Å²) < 4.78 is 4.96. The van der Waals surface area contributed by atoms with E-state index in [9.17, 15) is 4.79 Å². The van der Waals surface area contributed by atoms with Gasteiger partial charge in [-0.1, -0.05) is 0 Å². The minimum absolute atomic E-state index is 0.227. The molecular formula is C10H23N3O2. The fourth-order valence-corrected chi connectivity index (χ4v) is 1.37. The van der Waals surface area contributed by atoms with E-state index >= 15 is 0 Å². The lowest BCUT2D eigenvalue weighted by molar-refractivity contribution is -0.120. The highest BCUT2D eigenvalue weighted by molar-refractivity contribution is 5.79. The minimum Gasteiger partial charge on any atom is -0.385 e. The van der Waals surface area contributed by atoms with Crippen molar-refractivity contribution in [2.24, 2.45) is 5.73 Å². The Bertz CT molecular complexity index is 176. The highest BCUT2D eigenvalue weighted by Gasteiger charge is 2.12. The van der Waals surface area contributed by atoms with Crippen LogP contribution in [0.3, 0.4) is 0 Å². The molecule has 0 spiro atoms. The molecule has 3 N–H and O–H groups in total. The Morgan fingerprint density at radius 1 is 1.53 bits per heavy atom. The molecule has 0 aliphatic heterocycles. The maximum absolute atomic E-state index is 10.9. The highest BCUT2D eigenvalue weighted by atomic mass is 16.5. The van der Waals surface area contributed by atoms with E-state index < -0.39 is 0 Å². The van der Waals surface area contributed by atoms with E-state index in [1.807, 2.05) is 7.05 Å². The number of carbonyl (C=O) groups excluding carboxylic acids is 1. The number of carbonyl (C=O) groups is 1. The summed E-state index contributed by atoms with van der Waals surface area (Å²) in [6.07, 6.45) is 1.75. The Labute approximate surface area is 91.9 Å².